The molecular weight excluding hydrogens is 156 g/mol. The lowest BCUT2D eigenvalue weighted by Crippen LogP contribution is -2.08. The topological polar surface area (TPSA) is 35.5 Å². The van der Waals surface area contributed by atoms with Crippen LogP contribution in [0.4, 0.5) is 0 Å². The van der Waals surface area contributed by atoms with Gasteiger partial charge >= 0.3 is 5.97 Å². The smallest absolute Gasteiger partial charge is 0.373 e. The molecule has 12 heavy (non-hydrogen) atoms. The first-order chi connectivity index (χ1) is 5.67. The Morgan fingerprint density at radius 2 is 1.83 bits per heavy atom. The Morgan fingerprint density at radius 3 is 2.17 bits per heavy atom. The van der Waals surface area contributed by atoms with Gasteiger partial charge in [0.2, 0.25) is 5.76 Å². The molecule has 0 spiro atoms. The van der Waals surface area contributed by atoms with Crippen molar-refractivity contribution in [2.45, 2.75) is 26.7 Å². The molecule has 0 aliphatic carbocycles. The zero-order valence-corrected chi connectivity index (χ0v) is 8.14. The molecule has 0 N–H and O–H groups in total. The number of carbonyl (C=O) groups is 1. The number of ether oxygens (including phenoxy) is 2. The SMILES string of the molecule is CCC/C(C)=C(/OC)C(=O)OC. The number of allylic oxidation sites excluding steroid dienone is 1. The Morgan fingerprint density at radius 1 is 1.25 bits per heavy atom. The molecule has 0 heterocycles. The van der Waals surface area contributed by atoms with E-state index in [1.165, 1.54) is 14.2 Å². The molecule has 0 saturated carbocycles. The molecule has 0 aromatic rings. The van der Waals surface area contributed by atoms with Gasteiger partial charge in [-0.05, 0) is 18.9 Å². The number of carbonyl (C=O) groups excluding carboxylic acids is 1. The van der Waals surface area contributed by atoms with Gasteiger partial charge in [0.1, 0.15) is 0 Å². The second-order valence-electron chi connectivity index (χ2n) is 2.56. The van der Waals surface area contributed by atoms with Gasteiger partial charge in [-0.1, -0.05) is 13.3 Å². The van der Waals surface area contributed by atoms with E-state index in [0.29, 0.717) is 5.76 Å². The van der Waals surface area contributed by atoms with Gasteiger partial charge in [0, 0.05) is 0 Å². The fraction of sp³-hybridized carbons (Fsp3) is 0.667. The molecule has 0 aliphatic heterocycles. The van der Waals surface area contributed by atoms with Crippen LogP contribution in [0.15, 0.2) is 11.3 Å². The minimum atomic E-state index is -0.400. The van der Waals surface area contributed by atoms with Crippen LogP contribution in [0.1, 0.15) is 26.7 Å². The van der Waals surface area contributed by atoms with Gasteiger partial charge in [-0.25, -0.2) is 4.79 Å². The number of hydrogen-bond acceptors (Lipinski definition) is 3. The maximum absolute atomic E-state index is 11.1. The monoisotopic (exact) mass is 172 g/mol. The second kappa shape index (κ2) is 5.63. The number of hydrogen-bond donors (Lipinski definition) is 0. The van der Waals surface area contributed by atoms with Gasteiger partial charge in [-0.2, -0.15) is 0 Å². The molecule has 0 radical (unpaired) electrons. The summed E-state index contributed by atoms with van der Waals surface area (Å²) < 4.78 is 9.47. The minimum Gasteiger partial charge on any atom is -0.490 e. The highest BCUT2D eigenvalue weighted by Gasteiger charge is 2.12. The number of methoxy groups -OCH3 is 2. The van der Waals surface area contributed by atoms with E-state index in [1.54, 1.807) is 0 Å². The largest absolute Gasteiger partial charge is 0.490 e. The van der Waals surface area contributed by atoms with E-state index in [1.807, 2.05) is 13.8 Å². The first-order valence-corrected chi connectivity index (χ1v) is 3.99. The fourth-order valence-electron chi connectivity index (χ4n) is 1.01. The fourth-order valence-corrected chi connectivity index (χ4v) is 1.01. The Kier molecular flexibility index (Phi) is 5.17. The van der Waals surface area contributed by atoms with Crippen LogP contribution >= 0.6 is 0 Å². The highest BCUT2D eigenvalue weighted by molar-refractivity contribution is 5.86. The molecule has 70 valence electrons. The Balaban J connectivity index is 4.48. The summed E-state index contributed by atoms with van der Waals surface area (Å²) in [5, 5.41) is 0. The summed E-state index contributed by atoms with van der Waals surface area (Å²) in [7, 11) is 2.83. The zero-order chi connectivity index (χ0) is 9.56. The molecule has 3 nitrogen and oxygen atoms in total. The van der Waals surface area contributed by atoms with E-state index in [9.17, 15) is 4.79 Å². The van der Waals surface area contributed by atoms with Crippen molar-refractivity contribution < 1.29 is 14.3 Å². The van der Waals surface area contributed by atoms with Crippen LogP contribution < -0.4 is 0 Å². The van der Waals surface area contributed by atoms with Crippen LogP contribution in [0, 0.1) is 0 Å². The van der Waals surface area contributed by atoms with E-state index in [-0.39, 0.29) is 0 Å². The van der Waals surface area contributed by atoms with Crippen molar-refractivity contribution in [1.82, 2.24) is 0 Å². The molecule has 0 bridgehead atoms. The van der Waals surface area contributed by atoms with Crippen LogP contribution in [-0.4, -0.2) is 20.2 Å². The Labute approximate surface area is 73.4 Å². The van der Waals surface area contributed by atoms with Crippen LogP contribution in [0.25, 0.3) is 0 Å². The molecular formula is C9H16O3. The minimum absolute atomic E-state index is 0.333. The molecule has 0 atom stereocenters. The lowest BCUT2D eigenvalue weighted by Gasteiger charge is -2.07. The quantitative estimate of drug-likeness (QED) is 0.369. The lowest BCUT2D eigenvalue weighted by atomic mass is 10.1. The van der Waals surface area contributed by atoms with Crippen LogP contribution in [0.2, 0.25) is 0 Å². The molecule has 0 rings (SSSR count). The molecule has 0 fully saturated rings. The third-order valence-corrected chi connectivity index (χ3v) is 1.59. The predicted octanol–water partition coefficient (Wildman–Crippen LogP) is 1.88. The summed E-state index contributed by atoms with van der Waals surface area (Å²) >= 11 is 0. The highest BCUT2D eigenvalue weighted by atomic mass is 16.6. The zero-order valence-electron chi connectivity index (χ0n) is 8.14. The predicted molar refractivity (Wildman–Crippen MR) is 46.6 cm³/mol. The first-order valence-electron chi connectivity index (χ1n) is 3.99. The van der Waals surface area contributed by atoms with Crippen molar-refractivity contribution >= 4 is 5.97 Å². The van der Waals surface area contributed by atoms with E-state index in [0.717, 1.165) is 18.4 Å². The van der Waals surface area contributed by atoms with Crippen LogP contribution in [-0.2, 0) is 14.3 Å². The average Bonchev–Trinajstić information content (AvgIpc) is 2.06. The standard InChI is InChI=1S/C9H16O3/c1-5-6-7(2)8(11-3)9(10)12-4/h5-6H2,1-4H3/b8-7+. The summed E-state index contributed by atoms with van der Waals surface area (Å²) in [4.78, 5) is 11.1. The Bertz CT molecular complexity index is 182. The molecule has 0 unspecified atom stereocenters. The average molecular weight is 172 g/mol. The summed E-state index contributed by atoms with van der Waals surface area (Å²) in [6.07, 6.45) is 1.86. The van der Waals surface area contributed by atoms with Gasteiger partial charge in [-0.15, -0.1) is 0 Å². The van der Waals surface area contributed by atoms with Crippen molar-refractivity contribution in [2.24, 2.45) is 0 Å². The maximum Gasteiger partial charge on any atom is 0.373 e. The van der Waals surface area contributed by atoms with Crippen LogP contribution in [0.5, 0.6) is 0 Å². The summed E-state index contributed by atoms with van der Waals surface area (Å²) in [5.41, 5.74) is 0.937. The summed E-state index contributed by atoms with van der Waals surface area (Å²) in [5.74, 6) is -0.0669. The van der Waals surface area contributed by atoms with Crippen LogP contribution in [0.3, 0.4) is 0 Å². The maximum atomic E-state index is 11.1. The molecule has 3 heteroatoms. The first kappa shape index (κ1) is 11.0. The van der Waals surface area contributed by atoms with Gasteiger partial charge in [0.25, 0.3) is 0 Å². The van der Waals surface area contributed by atoms with E-state index in [2.05, 4.69) is 4.74 Å². The van der Waals surface area contributed by atoms with E-state index in [4.69, 9.17) is 4.74 Å². The van der Waals surface area contributed by atoms with Crippen molar-refractivity contribution in [3.05, 3.63) is 11.3 Å². The number of esters is 1. The Hall–Kier alpha value is -0.990. The lowest BCUT2D eigenvalue weighted by molar-refractivity contribution is -0.139. The molecule has 0 amide bonds. The van der Waals surface area contributed by atoms with Crippen molar-refractivity contribution in [3.8, 4) is 0 Å². The van der Waals surface area contributed by atoms with Gasteiger partial charge in [0.15, 0.2) is 0 Å². The third kappa shape index (κ3) is 2.95. The molecule has 0 aromatic carbocycles. The highest BCUT2D eigenvalue weighted by Crippen LogP contribution is 2.12. The van der Waals surface area contributed by atoms with Gasteiger partial charge in [0.05, 0.1) is 14.2 Å². The summed E-state index contributed by atoms with van der Waals surface area (Å²) in [6, 6.07) is 0. The summed E-state index contributed by atoms with van der Waals surface area (Å²) in [6.45, 7) is 3.92. The third-order valence-electron chi connectivity index (χ3n) is 1.59. The van der Waals surface area contributed by atoms with E-state index < -0.39 is 5.97 Å². The number of rotatable bonds is 4. The van der Waals surface area contributed by atoms with Crippen molar-refractivity contribution in [3.63, 3.8) is 0 Å². The normalized spacial score (nSPS) is 12.0. The van der Waals surface area contributed by atoms with Gasteiger partial charge in [-0.3, -0.25) is 0 Å². The van der Waals surface area contributed by atoms with Crippen molar-refractivity contribution in [2.75, 3.05) is 14.2 Å². The molecule has 0 saturated heterocycles. The second-order valence-corrected chi connectivity index (χ2v) is 2.56. The molecule has 0 aliphatic rings. The van der Waals surface area contributed by atoms with Gasteiger partial charge < -0.3 is 9.47 Å². The van der Waals surface area contributed by atoms with Crippen molar-refractivity contribution in [1.29, 1.82) is 0 Å². The molecule has 0 aromatic heterocycles. The van der Waals surface area contributed by atoms with E-state index >= 15 is 0 Å².